The Morgan fingerprint density at radius 1 is 0.944 bits per heavy atom. The minimum Gasteiger partial charge on any atom is -0.481 e. The average Bonchev–Trinajstić information content (AvgIpc) is 2.82. The number of nitrogens with one attached hydrogen (secondary N) is 5. The summed E-state index contributed by atoms with van der Waals surface area (Å²) in [4.78, 5) is 60.7. The van der Waals surface area contributed by atoms with Gasteiger partial charge in [0.05, 0.1) is 12.5 Å². The predicted molar refractivity (Wildman–Crippen MR) is 135 cm³/mol. The van der Waals surface area contributed by atoms with E-state index < -0.39 is 54.3 Å². The molecule has 8 N–H and O–H groups in total. The molecule has 3 atom stereocenters. The summed E-state index contributed by atoms with van der Waals surface area (Å²) in [6.45, 7) is 5.67. The molecule has 0 aliphatic carbocycles. The molecule has 0 fully saturated rings. The fourth-order valence-corrected chi connectivity index (χ4v) is 3.39. The third-order valence-electron chi connectivity index (χ3n) is 5.52. The van der Waals surface area contributed by atoms with Gasteiger partial charge in [-0.2, -0.15) is 0 Å². The molecule has 36 heavy (non-hydrogen) atoms. The average molecular weight is 507 g/mol. The second-order valence-corrected chi connectivity index (χ2v) is 8.70. The highest BCUT2D eigenvalue weighted by atomic mass is 16.4. The molecule has 0 bridgehead atoms. The Morgan fingerprint density at radius 3 is 2.08 bits per heavy atom. The monoisotopic (exact) mass is 506 g/mol. The van der Waals surface area contributed by atoms with Gasteiger partial charge >= 0.3 is 12.0 Å². The van der Waals surface area contributed by atoms with E-state index >= 15 is 0 Å². The van der Waals surface area contributed by atoms with Crippen molar-refractivity contribution in [1.82, 2.24) is 21.3 Å². The number of hydrogen-bond acceptors (Lipinski definition) is 6. The fraction of sp³-hybridized carbons (Fsp3) is 0.542. The van der Waals surface area contributed by atoms with Crippen LogP contribution in [-0.4, -0.2) is 66.5 Å². The molecule has 0 saturated carbocycles. The number of carbonyl (C=O) groups excluding carboxylic acids is 4. The van der Waals surface area contributed by atoms with Crippen LogP contribution in [-0.2, 0) is 25.6 Å². The van der Waals surface area contributed by atoms with Crippen LogP contribution in [0.1, 0.15) is 45.6 Å². The quantitative estimate of drug-likeness (QED) is 0.167. The van der Waals surface area contributed by atoms with Crippen LogP contribution in [0.2, 0.25) is 0 Å². The first-order chi connectivity index (χ1) is 17.0. The van der Waals surface area contributed by atoms with Crippen LogP contribution in [0.15, 0.2) is 24.3 Å². The maximum absolute atomic E-state index is 13.1. The Morgan fingerprint density at radius 2 is 1.58 bits per heavy atom. The van der Waals surface area contributed by atoms with Crippen molar-refractivity contribution >= 4 is 35.4 Å². The molecule has 0 radical (unpaired) electrons. The number of carbonyl (C=O) groups is 5. The Hall–Kier alpha value is -3.67. The summed E-state index contributed by atoms with van der Waals surface area (Å²) in [7, 11) is 1.45. The van der Waals surface area contributed by atoms with Crippen LogP contribution in [0, 0.1) is 5.92 Å². The summed E-state index contributed by atoms with van der Waals surface area (Å²) in [5, 5.41) is 22.1. The van der Waals surface area contributed by atoms with E-state index in [1.165, 1.54) is 7.05 Å². The number of urea groups is 1. The number of anilines is 1. The number of nitrogens with two attached hydrogens (primary N) is 1. The van der Waals surface area contributed by atoms with Crippen molar-refractivity contribution in [2.75, 3.05) is 18.9 Å². The van der Waals surface area contributed by atoms with Crippen LogP contribution in [0.4, 0.5) is 10.5 Å². The number of aliphatic carboxylic acids is 1. The highest BCUT2D eigenvalue weighted by Gasteiger charge is 2.31. The Labute approximate surface area is 211 Å². The maximum atomic E-state index is 13.1. The second kappa shape index (κ2) is 15.4. The minimum absolute atomic E-state index is 0.196. The van der Waals surface area contributed by atoms with Crippen molar-refractivity contribution in [2.45, 2.75) is 64.6 Å². The number of benzene rings is 1. The van der Waals surface area contributed by atoms with Gasteiger partial charge in [-0.05, 0) is 49.9 Å². The predicted octanol–water partition coefficient (Wildman–Crippen LogP) is 0.324. The van der Waals surface area contributed by atoms with Crippen molar-refractivity contribution in [3.8, 4) is 0 Å². The number of primary amides is 1. The zero-order valence-electron chi connectivity index (χ0n) is 21.2. The highest BCUT2D eigenvalue weighted by molar-refractivity contribution is 5.98. The lowest BCUT2D eigenvalue weighted by Gasteiger charge is -2.26. The van der Waals surface area contributed by atoms with Gasteiger partial charge in [0, 0.05) is 12.2 Å². The van der Waals surface area contributed by atoms with Gasteiger partial charge in [0.15, 0.2) is 0 Å². The first-order valence-electron chi connectivity index (χ1n) is 11.9. The van der Waals surface area contributed by atoms with Crippen molar-refractivity contribution in [2.24, 2.45) is 11.7 Å². The van der Waals surface area contributed by atoms with E-state index in [9.17, 15) is 24.0 Å². The second-order valence-electron chi connectivity index (χ2n) is 8.70. The summed E-state index contributed by atoms with van der Waals surface area (Å²) in [5.74, 6) is -3.20. The molecule has 0 aliphatic rings. The number of rotatable bonds is 15. The lowest BCUT2D eigenvalue weighted by molar-refractivity contribution is -0.140. The molecule has 0 spiro atoms. The molecule has 1 rings (SSSR count). The maximum Gasteiger partial charge on any atom is 0.312 e. The lowest BCUT2D eigenvalue weighted by Crippen LogP contribution is -2.57. The number of aryl methyl sites for hydroxylation is 1. The lowest BCUT2D eigenvalue weighted by atomic mass is 10.0. The van der Waals surface area contributed by atoms with Crippen molar-refractivity contribution in [1.29, 1.82) is 0 Å². The van der Waals surface area contributed by atoms with Crippen LogP contribution < -0.4 is 32.3 Å². The fourth-order valence-electron chi connectivity index (χ4n) is 3.39. The molecule has 0 aliphatic heterocycles. The summed E-state index contributed by atoms with van der Waals surface area (Å²) in [6.07, 6.45) is 0.948. The van der Waals surface area contributed by atoms with E-state index in [1.54, 1.807) is 26.0 Å². The molecule has 1 aromatic carbocycles. The Bertz CT molecular complexity index is 905. The van der Waals surface area contributed by atoms with Gasteiger partial charge in [-0.25, -0.2) is 4.79 Å². The molecule has 0 unspecified atom stereocenters. The van der Waals surface area contributed by atoms with E-state index in [4.69, 9.17) is 10.8 Å². The molecule has 12 nitrogen and oxygen atoms in total. The molecular formula is C24H38N6O6. The van der Waals surface area contributed by atoms with Crippen molar-refractivity contribution < 1.29 is 29.1 Å². The normalized spacial score (nSPS) is 13.2. The third kappa shape index (κ3) is 10.7. The SMILES string of the molecule is CCc1ccc(NC(=O)[C@H](CCCNC(N)=O)NC(=O)[C@@H](NC(=O)[C@H](CC(=O)O)NC)C(C)C)cc1. The van der Waals surface area contributed by atoms with Crippen molar-refractivity contribution in [3.05, 3.63) is 29.8 Å². The van der Waals surface area contributed by atoms with Crippen LogP contribution in [0.5, 0.6) is 0 Å². The van der Waals surface area contributed by atoms with Crippen LogP contribution in [0.3, 0.4) is 0 Å². The Balaban J connectivity index is 2.97. The highest BCUT2D eigenvalue weighted by Crippen LogP contribution is 2.12. The van der Waals surface area contributed by atoms with E-state index in [1.807, 2.05) is 19.1 Å². The molecule has 0 saturated heterocycles. The minimum atomic E-state index is -1.16. The van der Waals surface area contributed by atoms with Gasteiger partial charge in [-0.1, -0.05) is 32.9 Å². The molecule has 0 aromatic heterocycles. The van der Waals surface area contributed by atoms with E-state index in [0.29, 0.717) is 12.1 Å². The van der Waals surface area contributed by atoms with E-state index in [-0.39, 0.29) is 18.9 Å². The zero-order valence-corrected chi connectivity index (χ0v) is 21.2. The number of likely N-dealkylation sites (N-methyl/N-ethyl adjacent to an activating group) is 1. The zero-order chi connectivity index (χ0) is 27.3. The number of carboxylic acids is 1. The van der Waals surface area contributed by atoms with Gasteiger partial charge in [0.25, 0.3) is 0 Å². The Kier molecular flexibility index (Phi) is 12.9. The van der Waals surface area contributed by atoms with E-state index in [2.05, 4.69) is 26.6 Å². The van der Waals surface area contributed by atoms with Crippen molar-refractivity contribution in [3.63, 3.8) is 0 Å². The molecule has 200 valence electrons. The summed E-state index contributed by atoms with van der Waals surface area (Å²) < 4.78 is 0. The molecule has 12 heteroatoms. The van der Waals surface area contributed by atoms with Gasteiger partial charge in [-0.15, -0.1) is 0 Å². The number of amides is 5. The number of hydrogen-bond donors (Lipinski definition) is 7. The molecular weight excluding hydrogens is 468 g/mol. The van der Waals surface area contributed by atoms with Gasteiger partial charge in [-0.3, -0.25) is 19.2 Å². The molecule has 1 aromatic rings. The first kappa shape index (κ1) is 30.4. The molecule has 0 heterocycles. The van der Waals surface area contributed by atoms with Crippen LogP contribution in [0.25, 0.3) is 0 Å². The summed E-state index contributed by atoms with van der Waals surface area (Å²) in [5.41, 5.74) is 6.75. The smallest absolute Gasteiger partial charge is 0.312 e. The topological polar surface area (TPSA) is 192 Å². The van der Waals surface area contributed by atoms with Crippen LogP contribution >= 0.6 is 0 Å². The summed E-state index contributed by atoms with van der Waals surface area (Å²) >= 11 is 0. The summed E-state index contributed by atoms with van der Waals surface area (Å²) in [6, 6.07) is 3.61. The third-order valence-corrected chi connectivity index (χ3v) is 5.52. The largest absolute Gasteiger partial charge is 0.481 e. The number of carboxylic acid groups (broad SMARTS) is 1. The first-order valence-corrected chi connectivity index (χ1v) is 11.9. The van der Waals surface area contributed by atoms with E-state index in [0.717, 1.165) is 12.0 Å². The standard InChI is InChI=1S/C24H38N6O6/c1-5-15-8-10-16(11-9-15)28-21(33)17(7-6-12-27-24(25)36)29-23(35)20(14(2)3)30-22(34)18(26-4)13-19(31)32/h8-11,14,17-18,20,26H,5-7,12-13H2,1-4H3,(H,28,33)(H,29,35)(H,30,34)(H,31,32)(H3,25,27,36)/t17-,18-,20-/m0/s1. The molecule has 5 amide bonds. The van der Waals surface area contributed by atoms with Gasteiger partial charge < -0.3 is 37.4 Å². The van der Waals surface area contributed by atoms with Gasteiger partial charge in [0.2, 0.25) is 17.7 Å². The van der Waals surface area contributed by atoms with Gasteiger partial charge in [0.1, 0.15) is 12.1 Å².